The highest BCUT2D eigenvalue weighted by atomic mass is 16.3. The van der Waals surface area contributed by atoms with Gasteiger partial charge in [-0.25, -0.2) is 0 Å². The van der Waals surface area contributed by atoms with E-state index in [1.807, 2.05) is 0 Å². The Morgan fingerprint density at radius 1 is 1.50 bits per heavy atom. The van der Waals surface area contributed by atoms with Crippen LogP contribution in [0.1, 0.15) is 18.9 Å². The van der Waals surface area contributed by atoms with E-state index in [2.05, 4.69) is 5.92 Å². The third-order valence-corrected chi connectivity index (χ3v) is 2.99. The van der Waals surface area contributed by atoms with E-state index in [1.54, 1.807) is 24.3 Å². The number of nitrogens with zero attached hydrogens (tertiary/aromatic N) is 1. The molecular weight excluding hydrogens is 230 g/mol. The van der Waals surface area contributed by atoms with Gasteiger partial charge in [0.05, 0.1) is 12.2 Å². The fourth-order valence-electron chi connectivity index (χ4n) is 2.29. The van der Waals surface area contributed by atoms with E-state index in [9.17, 15) is 14.7 Å². The van der Waals surface area contributed by atoms with Crippen molar-refractivity contribution in [2.75, 3.05) is 11.4 Å². The largest absolute Gasteiger partial charge is 0.375 e. The number of carbonyl (C=O) groups excluding carboxylic acids is 2. The molecule has 1 amide bonds. The van der Waals surface area contributed by atoms with Crippen LogP contribution in [0.2, 0.25) is 0 Å². The number of hydrogen-bond acceptors (Lipinski definition) is 3. The number of Topliss-reactive ketones (excluding diaryl/α,β-unsaturated/α-hetero) is 1. The van der Waals surface area contributed by atoms with Gasteiger partial charge in [0.2, 0.25) is 0 Å². The first-order valence-electron chi connectivity index (χ1n) is 5.57. The SMILES string of the molecule is C#CCN1C(=O)[C@](O)(CC(C)=O)c2ccccc21. The summed E-state index contributed by atoms with van der Waals surface area (Å²) in [6, 6.07) is 6.83. The zero-order valence-corrected chi connectivity index (χ0v) is 10.0. The summed E-state index contributed by atoms with van der Waals surface area (Å²) in [6.45, 7) is 1.42. The lowest BCUT2D eigenvalue weighted by Crippen LogP contribution is -2.41. The number of fused-ring (bicyclic) bond motifs is 1. The molecule has 0 aromatic heterocycles. The van der Waals surface area contributed by atoms with Crippen LogP contribution < -0.4 is 4.90 Å². The van der Waals surface area contributed by atoms with Gasteiger partial charge in [0, 0.05) is 12.0 Å². The van der Waals surface area contributed by atoms with Crippen LogP contribution >= 0.6 is 0 Å². The van der Waals surface area contributed by atoms with Crippen LogP contribution in [0, 0.1) is 12.3 Å². The number of anilines is 1. The van der Waals surface area contributed by atoms with Crippen LogP contribution in [0.5, 0.6) is 0 Å². The van der Waals surface area contributed by atoms with Crippen molar-refractivity contribution in [2.24, 2.45) is 0 Å². The highest BCUT2D eigenvalue weighted by Crippen LogP contribution is 2.41. The van der Waals surface area contributed by atoms with Gasteiger partial charge in [-0.05, 0) is 13.0 Å². The highest BCUT2D eigenvalue weighted by molar-refractivity contribution is 6.09. The van der Waals surface area contributed by atoms with Gasteiger partial charge in [0.1, 0.15) is 5.78 Å². The molecule has 0 bridgehead atoms. The lowest BCUT2D eigenvalue weighted by molar-refractivity contribution is -0.141. The summed E-state index contributed by atoms with van der Waals surface area (Å²) in [5.74, 6) is 1.60. The molecule has 1 heterocycles. The molecule has 1 aromatic rings. The Morgan fingerprint density at radius 3 is 2.78 bits per heavy atom. The molecule has 0 spiro atoms. The molecule has 92 valence electrons. The average Bonchev–Trinajstić information content (AvgIpc) is 2.52. The predicted molar refractivity (Wildman–Crippen MR) is 66.8 cm³/mol. The van der Waals surface area contributed by atoms with Gasteiger partial charge in [-0.3, -0.25) is 14.5 Å². The Bertz CT molecular complexity index is 558. The van der Waals surface area contributed by atoms with Gasteiger partial charge >= 0.3 is 0 Å². The van der Waals surface area contributed by atoms with E-state index in [0.717, 1.165) is 0 Å². The maximum atomic E-state index is 12.2. The topological polar surface area (TPSA) is 57.6 Å². The van der Waals surface area contributed by atoms with E-state index in [4.69, 9.17) is 6.42 Å². The van der Waals surface area contributed by atoms with Crippen molar-refractivity contribution in [1.29, 1.82) is 0 Å². The standard InChI is InChI=1S/C14H13NO3/c1-3-8-15-12-7-5-4-6-11(12)14(18,13(15)17)9-10(2)16/h1,4-7,18H,8-9H2,2H3/t14-/m0/s1. The summed E-state index contributed by atoms with van der Waals surface area (Å²) in [6.07, 6.45) is 4.99. The molecule has 0 aliphatic carbocycles. The first-order chi connectivity index (χ1) is 8.50. The first kappa shape index (κ1) is 12.3. The monoisotopic (exact) mass is 243 g/mol. The van der Waals surface area contributed by atoms with Gasteiger partial charge in [-0.15, -0.1) is 6.42 Å². The third-order valence-electron chi connectivity index (χ3n) is 2.99. The number of benzene rings is 1. The number of ketones is 1. The Labute approximate surface area is 105 Å². The molecule has 2 rings (SSSR count). The van der Waals surface area contributed by atoms with Crippen molar-refractivity contribution in [3.8, 4) is 12.3 Å². The Balaban J connectivity index is 2.55. The fraction of sp³-hybridized carbons (Fsp3) is 0.286. The second-order valence-electron chi connectivity index (χ2n) is 4.35. The van der Waals surface area contributed by atoms with E-state index >= 15 is 0 Å². The van der Waals surface area contributed by atoms with Crippen LogP contribution in [0.3, 0.4) is 0 Å². The van der Waals surface area contributed by atoms with Crippen molar-refractivity contribution in [3.63, 3.8) is 0 Å². The summed E-state index contributed by atoms with van der Waals surface area (Å²) in [7, 11) is 0. The highest BCUT2D eigenvalue weighted by Gasteiger charge is 2.49. The number of hydrogen-bond donors (Lipinski definition) is 1. The average molecular weight is 243 g/mol. The van der Waals surface area contributed by atoms with Crippen molar-refractivity contribution < 1.29 is 14.7 Å². The summed E-state index contributed by atoms with van der Waals surface area (Å²) in [4.78, 5) is 24.8. The number of carbonyl (C=O) groups is 2. The van der Waals surface area contributed by atoms with E-state index in [-0.39, 0.29) is 18.7 Å². The third kappa shape index (κ3) is 1.69. The van der Waals surface area contributed by atoms with Crippen LogP contribution in [0.15, 0.2) is 24.3 Å². The molecule has 1 N–H and O–H groups in total. The van der Waals surface area contributed by atoms with E-state index in [1.165, 1.54) is 11.8 Å². The van der Waals surface area contributed by atoms with E-state index < -0.39 is 11.5 Å². The molecule has 1 aliphatic rings. The number of rotatable bonds is 3. The van der Waals surface area contributed by atoms with Gasteiger partial charge in [-0.2, -0.15) is 0 Å². The summed E-state index contributed by atoms with van der Waals surface area (Å²) in [5.41, 5.74) is -0.760. The molecule has 1 aliphatic heterocycles. The molecule has 4 heteroatoms. The Hall–Kier alpha value is -2.12. The molecule has 4 nitrogen and oxygen atoms in total. The quantitative estimate of drug-likeness (QED) is 0.800. The molecule has 1 atom stereocenters. The molecule has 18 heavy (non-hydrogen) atoms. The minimum absolute atomic E-state index is 0.0794. The molecular formula is C14H13NO3. The summed E-state index contributed by atoms with van der Waals surface area (Å²) >= 11 is 0. The zero-order valence-electron chi connectivity index (χ0n) is 10.0. The fourth-order valence-corrected chi connectivity index (χ4v) is 2.29. The van der Waals surface area contributed by atoms with Gasteiger partial charge in [0.25, 0.3) is 5.91 Å². The Kier molecular flexibility index (Phi) is 2.93. The molecule has 1 aromatic carbocycles. The van der Waals surface area contributed by atoms with Gasteiger partial charge < -0.3 is 5.11 Å². The zero-order chi connectivity index (χ0) is 13.3. The predicted octanol–water partition coefficient (Wildman–Crippen LogP) is 0.833. The van der Waals surface area contributed by atoms with Crippen molar-refractivity contribution >= 4 is 17.4 Å². The van der Waals surface area contributed by atoms with Crippen molar-refractivity contribution in [1.82, 2.24) is 0 Å². The lowest BCUT2D eigenvalue weighted by Gasteiger charge is -2.20. The molecule has 0 saturated carbocycles. The smallest absolute Gasteiger partial charge is 0.265 e. The van der Waals surface area contributed by atoms with E-state index in [0.29, 0.717) is 11.3 Å². The van der Waals surface area contributed by atoms with Crippen LogP contribution in [0.25, 0.3) is 0 Å². The lowest BCUT2D eigenvalue weighted by atomic mass is 9.90. The first-order valence-corrected chi connectivity index (χ1v) is 5.57. The van der Waals surface area contributed by atoms with Crippen LogP contribution in [0.4, 0.5) is 5.69 Å². The van der Waals surface area contributed by atoms with Gasteiger partial charge in [-0.1, -0.05) is 24.1 Å². The number of aliphatic hydroxyl groups is 1. The second-order valence-corrected chi connectivity index (χ2v) is 4.35. The normalized spacial score (nSPS) is 21.6. The van der Waals surface area contributed by atoms with Crippen LogP contribution in [-0.2, 0) is 15.2 Å². The molecule has 0 fully saturated rings. The minimum Gasteiger partial charge on any atom is -0.375 e. The number of terminal acetylenes is 1. The molecule has 0 radical (unpaired) electrons. The second kappa shape index (κ2) is 4.28. The molecule has 0 unspecified atom stereocenters. The number of amides is 1. The van der Waals surface area contributed by atoms with Gasteiger partial charge in [0.15, 0.2) is 5.60 Å². The maximum Gasteiger partial charge on any atom is 0.265 e. The molecule has 0 saturated heterocycles. The number of para-hydroxylation sites is 1. The maximum absolute atomic E-state index is 12.2. The summed E-state index contributed by atoms with van der Waals surface area (Å²) in [5, 5.41) is 10.5. The minimum atomic E-state index is -1.78. The Morgan fingerprint density at radius 2 is 2.17 bits per heavy atom. The van der Waals surface area contributed by atoms with Crippen molar-refractivity contribution in [3.05, 3.63) is 29.8 Å². The van der Waals surface area contributed by atoms with Crippen LogP contribution in [-0.4, -0.2) is 23.3 Å². The summed E-state index contributed by atoms with van der Waals surface area (Å²) < 4.78 is 0. The van der Waals surface area contributed by atoms with Crippen molar-refractivity contribution in [2.45, 2.75) is 18.9 Å².